The van der Waals surface area contributed by atoms with Gasteiger partial charge in [0.25, 0.3) is 0 Å². The van der Waals surface area contributed by atoms with Crippen molar-refractivity contribution in [2.45, 2.75) is 314 Å². The molecule has 12 nitrogen and oxygen atoms in total. The molecule has 0 bridgehead atoms. The van der Waals surface area contributed by atoms with Crippen LogP contribution in [0, 0.1) is 0 Å². The number of rotatable bonds is 53. The summed E-state index contributed by atoms with van der Waals surface area (Å²) in [6.07, 6.45) is 53.4. The highest BCUT2D eigenvalue weighted by Crippen LogP contribution is 2.26. The van der Waals surface area contributed by atoms with Gasteiger partial charge in [-0.15, -0.1) is 0 Å². The van der Waals surface area contributed by atoms with Crippen LogP contribution in [0.5, 0.6) is 0 Å². The SMILES string of the molecule is CC/C=C\C/C=C\C/C=C\C/C=C\C/C=C\CCCC(=O)OC1C(OCC(COC(=O)CCCCCCCCCCCCCCCCCCCCC)OC(=O)CCCCCCCCCCCCC)OC(C(=O)O)C(O)C1O. The second-order valence-corrected chi connectivity index (χ2v) is 21.3. The normalized spacial score (nSPS) is 18.4. The van der Waals surface area contributed by atoms with Gasteiger partial charge in [-0.25, -0.2) is 4.79 Å². The summed E-state index contributed by atoms with van der Waals surface area (Å²) in [6.45, 7) is 5.88. The average Bonchev–Trinajstić information content (AvgIpc) is 3.42. The van der Waals surface area contributed by atoms with Gasteiger partial charge in [0.2, 0.25) is 0 Å². The number of carbonyl (C=O) groups excluding carboxylic acids is 3. The van der Waals surface area contributed by atoms with E-state index in [0.717, 1.165) is 70.6 Å². The zero-order valence-corrected chi connectivity index (χ0v) is 49.0. The van der Waals surface area contributed by atoms with E-state index in [2.05, 4.69) is 69.4 Å². The van der Waals surface area contributed by atoms with Crippen LogP contribution in [-0.4, -0.2) is 89.2 Å². The number of aliphatic hydroxyl groups is 2. The molecule has 0 aromatic heterocycles. The summed E-state index contributed by atoms with van der Waals surface area (Å²) in [4.78, 5) is 51.1. The molecule has 1 fully saturated rings. The lowest BCUT2D eigenvalue weighted by molar-refractivity contribution is -0.301. The molecule has 0 aliphatic carbocycles. The van der Waals surface area contributed by atoms with Crippen LogP contribution in [0.15, 0.2) is 60.8 Å². The Morgan fingerprint density at radius 1 is 0.442 bits per heavy atom. The number of allylic oxidation sites excluding steroid dienone is 10. The van der Waals surface area contributed by atoms with Crippen molar-refractivity contribution in [2.24, 2.45) is 0 Å². The molecule has 6 unspecified atom stereocenters. The van der Waals surface area contributed by atoms with Crippen molar-refractivity contribution in [2.75, 3.05) is 13.2 Å². The Hall–Kier alpha value is -3.58. The predicted molar refractivity (Wildman–Crippen MR) is 312 cm³/mol. The fourth-order valence-corrected chi connectivity index (χ4v) is 9.35. The maximum absolute atomic E-state index is 13.1. The van der Waals surface area contributed by atoms with E-state index >= 15 is 0 Å². The summed E-state index contributed by atoms with van der Waals surface area (Å²) in [7, 11) is 0. The molecule has 1 heterocycles. The first-order valence-corrected chi connectivity index (χ1v) is 31.3. The first-order chi connectivity index (χ1) is 37.6. The largest absolute Gasteiger partial charge is 0.479 e. The number of aliphatic carboxylic acids is 1. The number of carbonyl (C=O) groups is 4. The number of ether oxygens (including phenoxy) is 5. The van der Waals surface area contributed by atoms with Gasteiger partial charge in [0.05, 0.1) is 6.61 Å². The molecule has 6 atom stereocenters. The molecular weight excluding hydrogens is 973 g/mol. The molecule has 0 saturated carbocycles. The van der Waals surface area contributed by atoms with Crippen molar-refractivity contribution < 1.29 is 58.2 Å². The summed E-state index contributed by atoms with van der Waals surface area (Å²) in [5.74, 6) is -3.18. The molecule has 77 heavy (non-hydrogen) atoms. The van der Waals surface area contributed by atoms with Crippen LogP contribution < -0.4 is 0 Å². The molecule has 1 aliphatic rings. The first-order valence-electron chi connectivity index (χ1n) is 31.3. The maximum atomic E-state index is 13.1. The molecule has 0 aromatic rings. The number of esters is 3. The van der Waals surface area contributed by atoms with Gasteiger partial charge in [-0.05, 0) is 57.8 Å². The lowest BCUT2D eigenvalue weighted by Gasteiger charge is -2.40. The third-order valence-corrected chi connectivity index (χ3v) is 14.1. The Kier molecular flexibility index (Phi) is 49.2. The Balaban J connectivity index is 2.66. The van der Waals surface area contributed by atoms with Crippen LogP contribution in [0.25, 0.3) is 0 Å². The van der Waals surface area contributed by atoms with Crippen molar-refractivity contribution in [3.63, 3.8) is 0 Å². The molecule has 0 spiro atoms. The van der Waals surface area contributed by atoms with E-state index in [4.69, 9.17) is 23.7 Å². The van der Waals surface area contributed by atoms with Crippen molar-refractivity contribution in [1.82, 2.24) is 0 Å². The highest BCUT2D eigenvalue weighted by atomic mass is 16.7. The Morgan fingerprint density at radius 3 is 1.23 bits per heavy atom. The number of hydrogen-bond acceptors (Lipinski definition) is 11. The van der Waals surface area contributed by atoms with E-state index in [-0.39, 0.29) is 25.9 Å². The highest BCUT2D eigenvalue weighted by Gasteiger charge is 2.50. The number of aliphatic hydroxyl groups excluding tert-OH is 2. The van der Waals surface area contributed by atoms with E-state index < -0.39 is 67.3 Å². The molecule has 444 valence electrons. The minimum Gasteiger partial charge on any atom is -0.479 e. The minimum absolute atomic E-state index is 0.0164. The summed E-state index contributed by atoms with van der Waals surface area (Å²) in [5.41, 5.74) is 0. The fraction of sp³-hybridized carbons (Fsp3) is 0.785. The van der Waals surface area contributed by atoms with Crippen LogP contribution in [0.2, 0.25) is 0 Å². The molecule has 12 heteroatoms. The van der Waals surface area contributed by atoms with Gasteiger partial charge in [0.15, 0.2) is 24.6 Å². The number of carboxylic acids is 1. The average molecular weight is 1090 g/mol. The number of unbranched alkanes of at least 4 members (excludes halogenated alkanes) is 29. The molecule has 1 rings (SSSR count). The Bertz CT molecular complexity index is 1570. The number of hydrogen-bond donors (Lipinski definition) is 3. The van der Waals surface area contributed by atoms with Crippen molar-refractivity contribution in [1.29, 1.82) is 0 Å². The van der Waals surface area contributed by atoms with Gasteiger partial charge in [0.1, 0.15) is 18.8 Å². The van der Waals surface area contributed by atoms with Crippen molar-refractivity contribution in [3.8, 4) is 0 Å². The van der Waals surface area contributed by atoms with Gasteiger partial charge in [0, 0.05) is 19.3 Å². The Labute approximate surface area is 468 Å². The van der Waals surface area contributed by atoms with Crippen molar-refractivity contribution >= 4 is 23.9 Å². The summed E-state index contributed by atoms with van der Waals surface area (Å²) in [6, 6.07) is 0. The second kappa shape index (κ2) is 53.1. The lowest BCUT2D eigenvalue weighted by atomic mass is 9.98. The van der Waals surface area contributed by atoms with Crippen LogP contribution in [0.4, 0.5) is 0 Å². The zero-order valence-electron chi connectivity index (χ0n) is 49.0. The lowest BCUT2D eigenvalue weighted by Crippen LogP contribution is -2.61. The van der Waals surface area contributed by atoms with Gasteiger partial charge in [-0.1, -0.05) is 261 Å². The van der Waals surface area contributed by atoms with Gasteiger partial charge in [-0.2, -0.15) is 0 Å². The fourth-order valence-electron chi connectivity index (χ4n) is 9.35. The molecule has 0 radical (unpaired) electrons. The van der Waals surface area contributed by atoms with Crippen molar-refractivity contribution in [3.05, 3.63) is 60.8 Å². The zero-order chi connectivity index (χ0) is 56.1. The maximum Gasteiger partial charge on any atom is 0.335 e. The quantitative estimate of drug-likeness (QED) is 0.0228. The smallest absolute Gasteiger partial charge is 0.335 e. The standard InChI is InChI=1S/C65H112O12/c1-4-7-10-13-16-19-22-24-26-28-29-31-32-34-37-39-42-45-48-51-57(66)73-54-56(75-58(67)52-49-46-43-40-36-21-18-15-12-9-6-3)55-74-65-63(61(70)60(69)62(77-65)64(71)72)76-59(68)53-50-47-44-41-38-35-33-30-27-25-23-20-17-14-11-8-5-2/h8,11,17,20,25,27,33,35,41,44,56,60-63,65,69-70H,4-7,9-10,12-16,18-19,21-24,26,28-32,34,36-40,42-43,45-55H2,1-3H3,(H,71,72)/b11-8-,20-17-,27-25-,35-33-,44-41-. The van der Waals surface area contributed by atoms with Gasteiger partial charge < -0.3 is 39.0 Å². The predicted octanol–water partition coefficient (Wildman–Crippen LogP) is 16.3. The third-order valence-electron chi connectivity index (χ3n) is 14.1. The summed E-state index contributed by atoms with van der Waals surface area (Å²) in [5, 5.41) is 31.5. The van der Waals surface area contributed by atoms with E-state index in [1.807, 2.05) is 12.2 Å². The van der Waals surface area contributed by atoms with Crippen LogP contribution >= 0.6 is 0 Å². The van der Waals surface area contributed by atoms with E-state index in [0.29, 0.717) is 25.7 Å². The molecule has 0 aromatic carbocycles. The molecule has 1 aliphatic heterocycles. The second-order valence-electron chi connectivity index (χ2n) is 21.3. The monoisotopic (exact) mass is 1080 g/mol. The summed E-state index contributed by atoms with van der Waals surface area (Å²) < 4.78 is 28.4. The van der Waals surface area contributed by atoms with Crippen LogP contribution in [0.1, 0.15) is 278 Å². The van der Waals surface area contributed by atoms with E-state index in [1.54, 1.807) is 0 Å². The molecule has 1 saturated heterocycles. The molecule has 3 N–H and O–H groups in total. The minimum atomic E-state index is -1.92. The topological polar surface area (TPSA) is 175 Å². The van der Waals surface area contributed by atoms with Gasteiger partial charge in [-0.3, -0.25) is 14.4 Å². The summed E-state index contributed by atoms with van der Waals surface area (Å²) >= 11 is 0. The van der Waals surface area contributed by atoms with Crippen LogP contribution in [0.3, 0.4) is 0 Å². The molecular formula is C65H112O12. The Morgan fingerprint density at radius 2 is 0.818 bits per heavy atom. The van der Waals surface area contributed by atoms with E-state index in [9.17, 15) is 34.5 Å². The number of carboxylic acid groups (broad SMARTS) is 1. The van der Waals surface area contributed by atoms with Gasteiger partial charge >= 0.3 is 23.9 Å². The van der Waals surface area contributed by atoms with E-state index in [1.165, 1.54) is 141 Å². The molecule has 0 amide bonds. The third kappa shape index (κ3) is 43.0. The van der Waals surface area contributed by atoms with Crippen LogP contribution in [-0.2, 0) is 42.9 Å². The highest BCUT2D eigenvalue weighted by molar-refractivity contribution is 5.74. The first kappa shape index (κ1) is 71.4.